The van der Waals surface area contributed by atoms with E-state index < -0.39 is 0 Å². The third-order valence-electron chi connectivity index (χ3n) is 2.93. The number of benzene rings is 1. The minimum atomic E-state index is 0.213. The molecule has 1 aromatic carbocycles. The number of hydrogen-bond acceptors (Lipinski definition) is 3. The number of nitrogens with two attached hydrogens (primary N) is 1. The Hall–Kier alpha value is -1.97. The number of anilines is 1. The molecule has 0 aliphatic carbocycles. The normalized spacial score (nSPS) is 12.4. The van der Waals surface area contributed by atoms with Crippen LogP contribution < -0.4 is 10.5 Å². The summed E-state index contributed by atoms with van der Waals surface area (Å²) in [5, 5.41) is 4.26. The molecule has 4 heteroatoms. The number of ether oxygens (including phenoxy) is 1. The maximum Gasteiger partial charge on any atom is 0.148 e. The maximum absolute atomic E-state index is 5.79. The molecule has 0 saturated carbocycles. The van der Waals surface area contributed by atoms with Crippen LogP contribution in [0.4, 0.5) is 5.82 Å². The van der Waals surface area contributed by atoms with Crippen LogP contribution >= 0.6 is 0 Å². The zero-order chi connectivity index (χ0) is 13.1. The molecule has 0 amide bonds. The Bertz CT molecular complexity index is 514. The van der Waals surface area contributed by atoms with E-state index in [-0.39, 0.29) is 6.10 Å². The lowest BCUT2D eigenvalue weighted by atomic mass is 10.3. The van der Waals surface area contributed by atoms with Gasteiger partial charge in [-0.05, 0) is 32.4 Å². The average molecular weight is 245 g/mol. The first-order valence-electron chi connectivity index (χ1n) is 6.19. The van der Waals surface area contributed by atoms with Gasteiger partial charge in [0.05, 0.1) is 11.8 Å². The molecule has 0 aliphatic heterocycles. The molecule has 18 heavy (non-hydrogen) atoms. The molecule has 1 unspecified atom stereocenters. The number of aryl methyl sites for hydroxylation is 1. The van der Waals surface area contributed by atoms with E-state index in [0.29, 0.717) is 5.82 Å². The van der Waals surface area contributed by atoms with E-state index in [0.717, 1.165) is 23.4 Å². The molecule has 0 saturated heterocycles. The lowest BCUT2D eigenvalue weighted by Crippen LogP contribution is -2.09. The van der Waals surface area contributed by atoms with Gasteiger partial charge in [0.25, 0.3) is 0 Å². The van der Waals surface area contributed by atoms with E-state index in [4.69, 9.17) is 10.5 Å². The number of aromatic nitrogens is 2. The fraction of sp³-hybridized carbons (Fsp3) is 0.357. The molecule has 2 N–H and O–H groups in total. The lowest BCUT2D eigenvalue weighted by molar-refractivity contribution is 0.217. The van der Waals surface area contributed by atoms with Crippen molar-refractivity contribution in [1.82, 2.24) is 9.78 Å². The number of hydrogen-bond donors (Lipinski definition) is 1. The second-order valence-corrected chi connectivity index (χ2v) is 4.48. The summed E-state index contributed by atoms with van der Waals surface area (Å²) in [6.45, 7) is 6.10. The molecule has 0 spiro atoms. The first-order chi connectivity index (χ1) is 8.60. The average Bonchev–Trinajstić information content (AvgIpc) is 2.70. The van der Waals surface area contributed by atoms with Crippen LogP contribution in [0.5, 0.6) is 5.75 Å². The predicted octanol–water partition coefficient (Wildman–Crippen LogP) is 2.94. The first kappa shape index (κ1) is 12.5. The molecule has 2 aromatic rings. The molecule has 2 rings (SSSR count). The van der Waals surface area contributed by atoms with Crippen LogP contribution in [0.3, 0.4) is 0 Å². The van der Waals surface area contributed by atoms with Crippen molar-refractivity contribution in [3.8, 4) is 11.4 Å². The molecule has 0 aliphatic rings. The zero-order valence-electron chi connectivity index (χ0n) is 11.1. The highest BCUT2D eigenvalue weighted by atomic mass is 16.5. The molecule has 1 atom stereocenters. The minimum Gasteiger partial charge on any atom is -0.491 e. The zero-order valence-corrected chi connectivity index (χ0v) is 11.1. The van der Waals surface area contributed by atoms with Gasteiger partial charge in [0.1, 0.15) is 11.6 Å². The van der Waals surface area contributed by atoms with Crippen molar-refractivity contribution < 1.29 is 4.74 Å². The summed E-state index contributed by atoms with van der Waals surface area (Å²) in [5.74, 6) is 1.41. The predicted molar refractivity (Wildman–Crippen MR) is 73.1 cm³/mol. The molecule has 0 bridgehead atoms. The second kappa shape index (κ2) is 5.12. The minimum absolute atomic E-state index is 0.213. The standard InChI is InChI=1S/C14H19N3O/c1-4-11(3)18-13-7-5-6-12(8-13)17-9-10(2)14(15)16-17/h5-9,11H,4H2,1-3H3,(H2,15,16). The Balaban J connectivity index is 2.26. The van der Waals surface area contributed by atoms with E-state index in [1.165, 1.54) is 0 Å². The Labute approximate surface area is 107 Å². The maximum atomic E-state index is 5.79. The van der Waals surface area contributed by atoms with Gasteiger partial charge in [-0.2, -0.15) is 5.10 Å². The smallest absolute Gasteiger partial charge is 0.148 e. The highest BCUT2D eigenvalue weighted by Crippen LogP contribution is 2.19. The van der Waals surface area contributed by atoms with Crippen molar-refractivity contribution in [3.63, 3.8) is 0 Å². The Morgan fingerprint density at radius 1 is 1.44 bits per heavy atom. The molecular formula is C14H19N3O. The highest BCUT2D eigenvalue weighted by Gasteiger charge is 2.05. The van der Waals surface area contributed by atoms with E-state index in [1.54, 1.807) is 4.68 Å². The Kier molecular flexibility index (Phi) is 3.55. The van der Waals surface area contributed by atoms with Gasteiger partial charge in [-0.15, -0.1) is 0 Å². The number of rotatable bonds is 4. The number of nitrogen functional groups attached to an aromatic ring is 1. The van der Waals surface area contributed by atoms with Crippen LogP contribution in [0.2, 0.25) is 0 Å². The van der Waals surface area contributed by atoms with Crippen LogP contribution in [0.15, 0.2) is 30.5 Å². The fourth-order valence-corrected chi connectivity index (χ4v) is 1.62. The van der Waals surface area contributed by atoms with Gasteiger partial charge in [-0.3, -0.25) is 0 Å². The summed E-state index contributed by atoms with van der Waals surface area (Å²) < 4.78 is 7.56. The Morgan fingerprint density at radius 3 is 2.83 bits per heavy atom. The molecule has 1 heterocycles. The lowest BCUT2D eigenvalue weighted by Gasteiger charge is -2.13. The van der Waals surface area contributed by atoms with Gasteiger partial charge < -0.3 is 10.5 Å². The first-order valence-corrected chi connectivity index (χ1v) is 6.19. The van der Waals surface area contributed by atoms with Crippen LogP contribution in [-0.4, -0.2) is 15.9 Å². The van der Waals surface area contributed by atoms with Crippen molar-refractivity contribution in [2.24, 2.45) is 0 Å². The summed E-state index contributed by atoms with van der Waals surface area (Å²) in [6, 6.07) is 7.86. The monoisotopic (exact) mass is 245 g/mol. The summed E-state index contributed by atoms with van der Waals surface area (Å²) in [4.78, 5) is 0. The molecule has 0 fully saturated rings. The SMILES string of the molecule is CCC(C)Oc1cccc(-n2cc(C)c(N)n2)c1. The summed E-state index contributed by atoms with van der Waals surface area (Å²) in [7, 11) is 0. The van der Waals surface area contributed by atoms with Gasteiger partial charge in [0.2, 0.25) is 0 Å². The van der Waals surface area contributed by atoms with Gasteiger partial charge >= 0.3 is 0 Å². The van der Waals surface area contributed by atoms with Gasteiger partial charge in [-0.1, -0.05) is 13.0 Å². The molecule has 1 aromatic heterocycles. The quantitative estimate of drug-likeness (QED) is 0.901. The van der Waals surface area contributed by atoms with Gasteiger partial charge in [-0.25, -0.2) is 4.68 Å². The number of nitrogens with zero attached hydrogens (tertiary/aromatic N) is 2. The van der Waals surface area contributed by atoms with Crippen molar-refractivity contribution in [3.05, 3.63) is 36.0 Å². The van der Waals surface area contributed by atoms with Crippen LogP contribution in [0.1, 0.15) is 25.8 Å². The Morgan fingerprint density at radius 2 is 2.22 bits per heavy atom. The van der Waals surface area contributed by atoms with Crippen LogP contribution in [0.25, 0.3) is 5.69 Å². The molecule has 4 nitrogen and oxygen atoms in total. The van der Waals surface area contributed by atoms with Crippen LogP contribution in [-0.2, 0) is 0 Å². The van der Waals surface area contributed by atoms with E-state index >= 15 is 0 Å². The van der Waals surface area contributed by atoms with E-state index in [2.05, 4.69) is 18.9 Å². The van der Waals surface area contributed by atoms with E-state index in [1.807, 2.05) is 37.4 Å². The fourth-order valence-electron chi connectivity index (χ4n) is 1.62. The third-order valence-corrected chi connectivity index (χ3v) is 2.93. The van der Waals surface area contributed by atoms with Gasteiger partial charge in [0.15, 0.2) is 0 Å². The van der Waals surface area contributed by atoms with Crippen LogP contribution in [0, 0.1) is 6.92 Å². The van der Waals surface area contributed by atoms with E-state index in [9.17, 15) is 0 Å². The van der Waals surface area contributed by atoms with Crippen molar-refractivity contribution in [2.45, 2.75) is 33.3 Å². The molecular weight excluding hydrogens is 226 g/mol. The van der Waals surface area contributed by atoms with Crippen molar-refractivity contribution in [1.29, 1.82) is 0 Å². The second-order valence-electron chi connectivity index (χ2n) is 4.48. The van der Waals surface area contributed by atoms with Crippen molar-refractivity contribution in [2.75, 3.05) is 5.73 Å². The summed E-state index contributed by atoms with van der Waals surface area (Å²) in [5.41, 5.74) is 7.68. The molecule has 96 valence electrons. The van der Waals surface area contributed by atoms with Crippen molar-refractivity contribution >= 4 is 5.82 Å². The third kappa shape index (κ3) is 2.64. The summed E-state index contributed by atoms with van der Waals surface area (Å²) in [6.07, 6.45) is 3.11. The van der Waals surface area contributed by atoms with Gasteiger partial charge in [0, 0.05) is 17.8 Å². The summed E-state index contributed by atoms with van der Waals surface area (Å²) >= 11 is 0. The molecule has 0 radical (unpaired) electrons. The largest absolute Gasteiger partial charge is 0.491 e. The topological polar surface area (TPSA) is 53.1 Å². The highest BCUT2D eigenvalue weighted by molar-refractivity contribution is 5.43.